The Bertz CT molecular complexity index is 37.8. The van der Waals surface area contributed by atoms with E-state index in [0.717, 1.165) is 11.1 Å². The van der Waals surface area contributed by atoms with Gasteiger partial charge in [0.25, 0.3) is 0 Å². The van der Waals surface area contributed by atoms with Gasteiger partial charge in [0.05, 0.1) is 0 Å². The molecule has 0 rings (SSSR count). The van der Waals surface area contributed by atoms with Crippen LogP contribution in [-0.4, -0.2) is 9.52 Å². The average Bonchev–Trinajstić information content (AvgIpc) is 1.27. The van der Waals surface area contributed by atoms with E-state index in [-0.39, 0.29) is 21.9 Å². The first-order chi connectivity index (χ1) is 3.13. The van der Waals surface area contributed by atoms with Gasteiger partial charge in [0.15, 0.2) is 0 Å². The van der Waals surface area contributed by atoms with Gasteiger partial charge in [-0.2, -0.15) is 0 Å². The molecule has 0 aliphatic carbocycles. The van der Waals surface area contributed by atoms with E-state index in [0.29, 0.717) is 0 Å². The van der Waals surface area contributed by atoms with Crippen LogP contribution in [0, 0.1) is 0 Å². The van der Waals surface area contributed by atoms with Gasteiger partial charge >= 0.3 is 0 Å². The Morgan fingerprint density at radius 2 is 1.12 bits per heavy atom. The van der Waals surface area contributed by atoms with Crippen LogP contribution >= 0.6 is 12.4 Å². The van der Waals surface area contributed by atoms with Gasteiger partial charge in [-0.15, -0.1) is 12.4 Å². The van der Waals surface area contributed by atoms with E-state index in [9.17, 15) is 0 Å². The van der Waals surface area contributed by atoms with E-state index in [1.807, 2.05) is 0 Å². The molecule has 0 saturated heterocycles. The molecule has 0 bridgehead atoms. The lowest BCUT2D eigenvalue weighted by molar-refractivity contribution is 0.971. The molecule has 0 atom stereocenters. The standard InChI is InChI=1S/C6H16Si.ClH/c1-5(2)7-6(3)4;/h5-6H,7H2,1-4H3;1H. The largest absolute Gasteiger partial charge is 0.147 e. The zero-order chi connectivity index (χ0) is 5.86. The second-order valence-corrected chi connectivity index (χ2v) is 6.76. The maximum Gasteiger partial charge on any atom is 0.0250 e. The van der Waals surface area contributed by atoms with Crippen LogP contribution in [0.15, 0.2) is 0 Å². The molecule has 0 aromatic carbocycles. The summed E-state index contributed by atoms with van der Waals surface area (Å²) in [5, 5.41) is 0. The fourth-order valence-electron chi connectivity index (χ4n) is 0.943. The van der Waals surface area contributed by atoms with Crippen molar-refractivity contribution >= 4 is 21.9 Å². The first-order valence-corrected chi connectivity index (χ1v) is 4.76. The van der Waals surface area contributed by atoms with Crippen molar-refractivity contribution in [2.45, 2.75) is 38.8 Å². The minimum absolute atomic E-state index is 0. The molecule has 0 unspecified atom stereocenters. The first-order valence-electron chi connectivity index (χ1n) is 3.13. The first kappa shape index (κ1) is 11.3. The second-order valence-electron chi connectivity index (χ2n) is 3.02. The van der Waals surface area contributed by atoms with Crippen LogP contribution < -0.4 is 0 Å². The molecule has 2 heteroatoms. The van der Waals surface area contributed by atoms with Gasteiger partial charge in [-0.3, -0.25) is 0 Å². The SMILES string of the molecule is CC(C)[SiH2]C(C)C.Cl. The molecule has 0 spiro atoms. The summed E-state index contributed by atoms with van der Waals surface area (Å²) in [4.78, 5) is 0. The average molecular weight is 153 g/mol. The molecule has 0 amide bonds. The summed E-state index contributed by atoms with van der Waals surface area (Å²) in [6.45, 7) is 9.30. The van der Waals surface area contributed by atoms with Gasteiger partial charge in [0, 0.05) is 9.52 Å². The van der Waals surface area contributed by atoms with Crippen molar-refractivity contribution in [3.8, 4) is 0 Å². The van der Waals surface area contributed by atoms with Gasteiger partial charge in [0.2, 0.25) is 0 Å². The van der Waals surface area contributed by atoms with Crippen molar-refractivity contribution in [2.75, 3.05) is 0 Å². The molecule has 0 aromatic rings. The smallest absolute Gasteiger partial charge is 0.0250 e. The second kappa shape index (κ2) is 5.64. The topological polar surface area (TPSA) is 0 Å². The van der Waals surface area contributed by atoms with Gasteiger partial charge in [0.1, 0.15) is 0 Å². The van der Waals surface area contributed by atoms with Gasteiger partial charge in [-0.05, 0) is 0 Å². The summed E-state index contributed by atoms with van der Waals surface area (Å²) in [6.07, 6.45) is 0. The number of rotatable bonds is 2. The molecule has 0 saturated carbocycles. The van der Waals surface area contributed by atoms with Crippen LogP contribution in [0.25, 0.3) is 0 Å². The third-order valence-corrected chi connectivity index (χ3v) is 2.83. The molecule has 52 valence electrons. The normalized spacial score (nSPS) is 9.75. The van der Waals surface area contributed by atoms with E-state index in [1.165, 1.54) is 0 Å². The highest BCUT2D eigenvalue weighted by atomic mass is 35.5. The fraction of sp³-hybridized carbons (Fsp3) is 1.00. The maximum atomic E-state index is 2.33. The van der Waals surface area contributed by atoms with Gasteiger partial charge in [-0.1, -0.05) is 38.8 Å². The minimum Gasteiger partial charge on any atom is -0.147 e. The summed E-state index contributed by atoms with van der Waals surface area (Å²) in [5.74, 6) is 0. The fourth-order valence-corrected chi connectivity index (χ4v) is 2.83. The molecule has 0 nitrogen and oxygen atoms in total. The van der Waals surface area contributed by atoms with Gasteiger partial charge in [-0.25, -0.2) is 0 Å². The molecule has 0 aromatic heterocycles. The molecule has 0 N–H and O–H groups in total. The van der Waals surface area contributed by atoms with E-state index < -0.39 is 0 Å². The Hall–Kier alpha value is 0.507. The molecule has 0 radical (unpaired) electrons. The third kappa shape index (κ3) is 9.71. The Morgan fingerprint density at radius 1 is 0.875 bits per heavy atom. The van der Waals surface area contributed by atoms with Crippen molar-refractivity contribution in [2.24, 2.45) is 0 Å². The third-order valence-electron chi connectivity index (χ3n) is 0.943. The zero-order valence-electron chi connectivity index (χ0n) is 6.27. The van der Waals surface area contributed by atoms with E-state index in [1.54, 1.807) is 0 Å². The van der Waals surface area contributed by atoms with Crippen LogP contribution in [0.3, 0.4) is 0 Å². The Morgan fingerprint density at radius 3 is 1.12 bits per heavy atom. The van der Waals surface area contributed by atoms with Crippen LogP contribution in [-0.2, 0) is 0 Å². The highest BCUT2D eigenvalue weighted by Gasteiger charge is 1.97. The lowest BCUT2D eigenvalue weighted by atomic mass is 10.5. The van der Waals surface area contributed by atoms with Crippen LogP contribution in [0.5, 0.6) is 0 Å². The van der Waals surface area contributed by atoms with E-state index >= 15 is 0 Å². The van der Waals surface area contributed by atoms with Crippen molar-refractivity contribution in [1.82, 2.24) is 0 Å². The minimum atomic E-state index is 0. The van der Waals surface area contributed by atoms with Crippen molar-refractivity contribution in [1.29, 1.82) is 0 Å². The van der Waals surface area contributed by atoms with Crippen LogP contribution in [0.2, 0.25) is 11.1 Å². The van der Waals surface area contributed by atoms with Crippen molar-refractivity contribution in [3.63, 3.8) is 0 Å². The zero-order valence-corrected chi connectivity index (χ0v) is 8.50. The van der Waals surface area contributed by atoms with Crippen molar-refractivity contribution in [3.05, 3.63) is 0 Å². The van der Waals surface area contributed by atoms with E-state index in [2.05, 4.69) is 27.7 Å². The monoisotopic (exact) mass is 152 g/mol. The Kier molecular flexibility index (Phi) is 7.98. The van der Waals surface area contributed by atoms with Gasteiger partial charge < -0.3 is 0 Å². The molecule has 0 aliphatic heterocycles. The molecular formula is C6H17ClSi. The lowest BCUT2D eigenvalue weighted by Gasteiger charge is -2.04. The summed E-state index contributed by atoms with van der Waals surface area (Å²) >= 11 is 0. The Balaban J connectivity index is 0. The summed E-state index contributed by atoms with van der Waals surface area (Å²) in [5.41, 5.74) is 2.03. The summed E-state index contributed by atoms with van der Waals surface area (Å²) in [7, 11) is 0.281. The quantitative estimate of drug-likeness (QED) is 0.533. The molecule has 0 heterocycles. The highest BCUT2D eigenvalue weighted by Crippen LogP contribution is 2.07. The molecular weight excluding hydrogens is 136 g/mol. The highest BCUT2D eigenvalue weighted by molar-refractivity contribution is 6.38. The predicted octanol–water partition coefficient (Wildman–Crippen LogP) is 2.23. The predicted molar refractivity (Wildman–Crippen MR) is 46.0 cm³/mol. The van der Waals surface area contributed by atoms with Crippen LogP contribution in [0.4, 0.5) is 0 Å². The summed E-state index contributed by atoms with van der Waals surface area (Å²) in [6, 6.07) is 0. The summed E-state index contributed by atoms with van der Waals surface area (Å²) < 4.78 is 0. The van der Waals surface area contributed by atoms with Crippen molar-refractivity contribution < 1.29 is 0 Å². The van der Waals surface area contributed by atoms with Crippen LogP contribution in [0.1, 0.15) is 27.7 Å². The molecule has 0 fully saturated rings. The number of halogens is 1. The molecule has 0 aliphatic rings. The number of hydrogen-bond donors (Lipinski definition) is 0. The number of hydrogen-bond acceptors (Lipinski definition) is 0. The van der Waals surface area contributed by atoms with E-state index in [4.69, 9.17) is 0 Å². The molecule has 8 heavy (non-hydrogen) atoms. The maximum absolute atomic E-state index is 2.33. The Labute approximate surface area is 61.3 Å². The lowest BCUT2D eigenvalue weighted by Crippen LogP contribution is -1.98.